The van der Waals surface area contributed by atoms with E-state index in [-0.39, 0.29) is 11.8 Å². The lowest BCUT2D eigenvalue weighted by Gasteiger charge is -2.34. The van der Waals surface area contributed by atoms with Crippen molar-refractivity contribution in [2.75, 3.05) is 46.4 Å². The molecule has 1 aliphatic rings. The highest BCUT2D eigenvalue weighted by Gasteiger charge is 2.21. The predicted octanol–water partition coefficient (Wildman–Crippen LogP) is 1.15. The Balaban J connectivity index is 1.75. The molecule has 0 aliphatic carbocycles. The van der Waals surface area contributed by atoms with E-state index in [1.165, 1.54) is 11.1 Å². The molecule has 1 atom stereocenters. The van der Waals surface area contributed by atoms with Gasteiger partial charge in [-0.1, -0.05) is 24.6 Å². The Morgan fingerprint density at radius 1 is 1.18 bits per heavy atom. The summed E-state index contributed by atoms with van der Waals surface area (Å²) in [5.41, 5.74) is 2.42. The van der Waals surface area contributed by atoms with Gasteiger partial charge >= 0.3 is 0 Å². The third-order valence-corrected chi connectivity index (χ3v) is 4.98. The lowest BCUT2D eigenvalue weighted by Crippen LogP contribution is -2.52. The predicted molar refractivity (Wildman–Crippen MR) is 110 cm³/mol. The van der Waals surface area contributed by atoms with Gasteiger partial charge in [0.05, 0.1) is 13.7 Å². The lowest BCUT2D eigenvalue weighted by atomic mass is 10.1. The first-order valence-electron chi connectivity index (χ1n) is 10.1. The van der Waals surface area contributed by atoms with Crippen LogP contribution in [0.2, 0.25) is 0 Å². The Bertz CT molecular complexity index is 657. The normalized spacial score (nSPS) is 16.4. The van der Waals surface area contributed by atoms with Crippen LogP contribution in [0.5, 0.6) is 5.75 Å². The molecule has 1 saturated heterocycles. The van der Waals surface area contributed by atoms with E-state index in [9.17, 15) is 9.59 Å². The van der Waals surface area contributed by atoms with Gasteiger partial charge < -0.3 is 15.4 Å². The number of piperazine rings is 1. The molecule has 2 amide bonds. The Morgan fingerprint density at radius 2 is 1.86 bits per heavy atom. The fourth-order valence-corrected chi connectivity index (χ4v) is 3.33. The van der Waals surface area contributed by atoms with E-state index in [2.05, 4.69) is 39.5 Å². The fraction of sp³-hybridized carbons (Fsp3) is 0.619. The summed E-state index contributed by atoms with van der Waals surface area (Å²) in [5, 5.41) is 5.58. The Labute approximate surface area is 168 Å². The van der Waals surface area contributed by atoms with Gasteiger partial charge in [-0.2, -0.15) is 0 Å². The van der Waals surface area contributed by atoms with Crippen molar-refractivity contribution in [3.05, 3.63) is 29.3 Å². The molecule has 0 saturated carbocycles. The van der Waals surface area contributed by atoms with Crippen molar-refractivity contribution in [3.63, 3.8) is 0 Å². The van der Waals surface area contributed by atoms with Gasteiger partial charge in [0.25, 0.3) is 0 Å². The molecule has 7 heteroatoms. The van der Waals surface area contributed by atoms with Gasteiger partial charge in [0.2, 0.25) is 11.8 Å². The van der Waals surface area contributed by atoms with E-state index in [4.69, 9.17) is 4.74 Å². The highest BCUT2D eigenvalue weighted by molar-refractivity contribution is 5.87. The first-order chi connectivity index (χ1) is 13.4. The smallest absolute Gasteiger partial charge is 0.242 e. The van der Waals surface area contributed by atoms with Crippen LogP contribution in [0.15, 0.2) is 18.2 Å². The SMILES string of the molecule is CCCNC(=O)[C@@H](C)NC(=O)CN1CCN(Cc2cc(C)ccc2OC)CC1. The number of nitrogens with zero attached hydrogens (tertiary/aromatic N) is 2. The van der Waals surface area contributed by atoms with Crippen molar-refractivity contribution >= 4 is 11.8 Å². The van der Waals surface area contributed by atoms with E-state index in [1.807, 2.05) is 13.0 Å². The van der Waals surface area contributed by atoms with Crippen molar-refractivity contribution in [2.45, 2.75) is 39.8 Å². The van der Waals surface area contributed by atoms with E-state index >= 15 is 0 Å². The molecule has 2 N–H and O–H groups in total. The Kier molecular flexibility index (Phi) is 8.73. The largest absolute Gasteiger partial charge is 0.496 e. The van der Waals surface area contributed by atoms with Crippen LogP contribution in [0.4, 0.5) is 0 Å². The minimum absolute atomic E-state index is 0.104. The van der Waals surface area contributed by atoms with Crippen molar-refractivity contribution in [2.24, 2.45) is 0 Å². The molecule has 1 heterocycles. The Hall–Kier alpha value is -2.12. The maximum atomic E-state index is 12.2. The molecular formula is C21H34N4O3. The molecule has 1 aliphatic heterocycles. The van der Waals surface area contributed by atoms with Gasteiger partial charge in [-0.15, -0.1) is 0 Å². The molecule has 1 fully saturated rings. The van der Waals surface area contributed by atoms with Gasteiger partial charge in [-0.3, -0.25) is 19.4 Å². The lowest BCUT2D eigenvalue weighted by molar-refractivity contribution is -0.129. The fourth-order valence-electron chi connectivity index (χ4n) is 3.33. The zero-order valence-electron chi connectivity index (χ0n) is 17.6. The number of hydrogen-bond donors (Lipinski definition) is 2. The highest BCUT2D eigenvalue weighted by atomic mass is 16.5. The second-order valence-corrected chi connectivity index (χ2v) is 7.45. The van der Waals surface area contributed by atoms with Crippen LogP contribution >= 0.6 is 0 Å². The molecule has 7 nitrogen and oxygen atoms in total. The van der Waals surface area contributed by atoms with Crippen molar-refractivity contribution < 1.29 is 14.3 Å². The molecule has 0 radical (unpaired) electrons. The van der Waals surface area contributed by atoms with Gasteiger partial charge in [-0.05, 0) is 26.3 Å². The summed E-state index contributed by atoms with van der Waals surface area (Å²) < 4.78 is 5.47. The van der Waals surface area contributed by atoms with Gasteiger partial charge in [0.15, 0.2) is 0 Å². The number of rotatable bonds is 9. The van der Waals surface area contributed by atoms with Crippen LogP contribution in [0, 0.1) is 6.92 Å². The van der Waals surface area contributed by atoms with Gasteiger partial charge in [-0.25, -0.2) is 0 Å². The van der Waals surface area contributed by atoms with Crippen LogP contribution in [-0.4, -0.2) is 74.0 Å². The quantitative estimate of drug-likeness (QED) is 0.662. The molecule has 0 aromatic heterocycles. The minimum atomic E-state index is -0.505. The number of carbonyl (C=O) groups is 2. The van der Waals surface area contributed by atoms with Crippen LogP contribution in [0.1, 0.15) is 31.4 Å². The number of hydrogen-bond acceptors (Lipinski definition) is 5. The molecular weight excluding hydrogens is 356 g/mol. The maximum absolute atomic E-state index is 12.2. The summed E-state index contributed by atoms with van der Waals surface area (Å²) in [4.78, 5) is 28.6. The van der Waals surface area contributed by atoms with E-state index in [0.717, 1.165) is 44.9 Å². The third-order valence-electron chi connectivity index (χ3n) is 4.98. The molecule has 1 aromatic carbocycles. The molecule has 28 heavy (non-hydrogen) atoms. The van der Waals surface area contributed by atoms with Crippen molar-refractivity contribution in [3.8, 4) is 5.75 Å². The minimum Gasteiger partial charge on any atom is -0.496 e. The molecule has 2 rings (SSSR count). The van der Waals surface area contributed by atoms with Crippen LogP contribution in [0.3, 0.4) is 0 Å². The second-order valence-electron chi connectivity index (χ2n) is 7.45. The molecule has 156 valence electrons. The van der Waals surface area contributed by atoms with Gasteiger partial charge in [0, 0.05) is 44.8 Å². The average molecular weight is 391 g/mol. The van der Waals surface area contributed by atoms with E-state index < -0.39 is 6.04 Å². The summed E-state index contributed by atoms with van der Waals surface area (Å²) in [5.74, 6) is 0.683. The summed E-state index contributed by atoms with van der Waals surface area (Å²) in [6.45, 7) is 11.1. The molecule has 0 spiro atoms. The average Bonchev–Trinajstić information content (AvgIpc) is 2.67. The third kappa shape index (κ3) is 6.80. The van der Waals surface area contributed by atoms with Crippen molar-refractivity contribution in [1.82, 2.24) is 20.4 Å². The second kappa shape index (κ2) is 11.0. The zero-order valence-corrected chi connectivity index (χ0v) is 17.6. The maximum Gasteiger partial charge on any atom is 0.242 e. The van der Waals surface area contributed by atoms with Crippen LogP contribution < -0.4 is 15.4 Å². The molecule has 0 bridgehead atoms. The summed E-state index contributed by atoms with van der Waals surface area (Å²) in [6.07, 6.45) is 0.880. The Morgan fingerprint density at radius 3 is 2.50 bits per heavy atom. The van der Waals surface area contributed by atoms with E-state index in [1.54, 1.807) is 14.0 Å². The monoisotopic (exact) mass is 390 g/mol. The summed E-state index contributed by atoms with van der Waals surface area (Å²) in [6, 6.07) is 5.74. The standard InChI is InChI=1S/C21H34N4O3/c1-5-8-22-21(27)17(3)23-20(26)15-25-11-9-24(10-12-25)14-18-13-16(2)6-7-19(18)28-4/h6-7,13,17H,5,8-12,14-15H2,1-4H3,(H,22,27)(H,23,26)/t17-/m1/s1. The van der Waals surface area contributed by atoms with E-state index in [0.29, 0.717) is 13.1 Å². The van der Waals surface area contributed by atoms with Crippen LogP contribution in [0.25, 0.3) is 0 Å². The number of amides is 2. The van der Waals surface area contributed by atoms with Crippen molar-refractivity contribution in [1.29, 1.82) is 0 Å². The summed E-state index contributed by atoms with van der Waals surface area (Å²) >= 11 is 0. The van der Waals surface area contributed by atoms with Gasteiger partial charge in [0.1, 0.15) is 11.8 Å². The number of aryl methyl sites for hydroxylation is 1. The summed E-state index contributed by atoms with van der Waals surface area (Å²) in [7, 11) is 1.70. The highest BCUT2D eigenvalue weighted by Crippen LogP contribution is 2.21. The number of ether oxygens (including phenoxy) is 1. The topological polar surface area (TPSA) is 73.9 Å². The molecule has 1 aromatic rings. The number of nitrogens with one attached hydrogen (secondary N) is 2. The van der Waals surface area contributed by atoms with Crippen LogP contribution in [-0.2, 0) is 16.1 Å². The molecule has 0 unspecified atom stereocenters. The first kappa shape index (κ1) is 22.2. The zero-order chi connectivity index (χ0) is 20.5. The number of methoxy groups -OCH3 is 1. The first-order valence-corrected chi connectivity index (χ1v) is 10.1. The number of carbonyl (C=O) groups excluding carboxylic acids is 2. The number of benzene rings is 1.